The Hall–Kier alpha value is -1.63. The number of hydrogen-bond acceptors (Lipinski definition) is 4. The first-order valence-electron chi connectivity index (χ1n) is 5.42. The Bertz CT molecular complexity index is 511. The Morgan fingerprint density at radius 2 is 1.37 bits per heavy atom. The van der Waals surface area contributed by atoms with Crippen molar-refractivity contribution in [3.8, 4) is 23.0 Å². The van der Waals surface area contributed by atoms with Gasteiger partial charge in [0.05, 0.1) is 17.8 Å². The van der Waals surface area contributed by atoms with E-state index in [4.69, 9.17) is 19.7 Å². The number of benzene rings is 2. The van der Waals surface area contributed by atoms with Crippen molar-refractivity contribution in [1.82, 2.24) is 0 Å². The summed E-state index contributed by atoms with van der Waals surface area (Å²) in [7, 11) is 3.19. The first-order valence-corrected chi connectivity index (χ1v) is 6.50. The highest BCUT2D eigenvalue weighted by atomic mass is 127. The fourth-order valence-corrected chi connectivity index (χ4v) is 1.68. The van der Waals surface area contributed by atoms with E-state index in [1.807, 2.05) is 22.6 Å². The van der Waals surface area contributed by atoms with Gasteiger partial charge in [-0.3, -0.25) is 0 Å². The lowest BCUT2D eigenvalue weighted by Crippen LogP contribution is -1.82. The van der Waals surface area contributed by atoms with Gasteiger partial charge in [0.15, 0.2) is 0 Å². The third-order valence-corrected chi connectivity index (χ3v) is 3.09. The van der Waals surface area contributed by atoms with Crippen molar-refractivity contribution < 1.29 is 19.7 Å². The van der Waals surface area contributed by atoms with E-state index in [-0.39, 0.29) is 5.75 Å². The van der Waals surface area contributed by atoms with Gasteiger partial charge >= 0.3 is 0 Å². The van der Waals surface area contributed by atoms with E-state index in [1.54, 1.807) is 56.7 Å². The van der Waals surface area contributed by atoms with E-state index in [2.05, 4.69) is 0 Å². The number of phenolic OH excluding ortho intramolecular Hbond substituents is 2. The van der Waals surface area contributed by atoms with Gasteiger partial charge in [-0.05, 0) is 65.1 Å². The number of methoxy groups -OCH3 is 2. The molecule has 0 aliphatic rings. The van der Waals surface area contributed by atoms with Crippen LogP contribution in [0.25, 0.3) is 0 Å². The summed E-state index contributed by atoms with van der Waals surface area (Å²) in [6, 6.07) is 11.7. The van der Waals surface area contributed by atoms with Gasteiger partial charge in [-0.15, -0.1) is 0 Å². The molecule has 2 aromatic carbocycles. The maximum Gasteiger partial charge on any atom is 0.129 e. The van der Waals surface area contributed by atoms with Crippen LogP contribution in [0.5, 0.6) is 23.0 Å². The highest BCUT2D eigenvalue weighted by Crippen LogP contribution is 2.23. The summed E-state index contributed by atoms with van der Waals surface area (Å²) < 4.78 is 10.6. The molecule has 0 fully saturated rings. The van der Waals surface area contributed by atoms with E-state index in [1.165, 1.54) is 0 Å². The van der Waals surface area contributed by atoms with Crippen molar-refractivity contribution in [2.75, 3.05) is 14.2 Å². The van der Waals surface area contributed by atoms with E-state index < -0.39 is 0 Å². The van der Waals surface area contributed by atoms with Crippen molar-refractivity contribution in [1.29, 1.82) is 0 Å². The molecule has 19 heavy (non-hydrogen) atoms. The summed E-state index contributed by atoms with van der Waals surface area (Å²) in [4.78, 5) is 0. The van der Waals surface area contributed by atoms with Crippen LogP contribution in [0, 0.1) is 3.57 Å². The third-order valence-electron chi connectivity index (χ3n) is 2.23. The maximum absolute atomic E-state index is 9.08. The molecule has 2 aromatic rings. The Kier molecular flexibility index (Phi) is 6.27. The molecule has 5 heteroatoms. The van der Waals surface area contributed by atoms with Crippen molar-refractivity contribution in [3.63, 3.8) is 0 Å². The normalized spacial score (nSPS) is 9.21. The van der Waals surface area contributed by atoms with Crippen LogP contribution in [0.3, 0.4) is 0 Å². The van der Waals surface area contributed by atoms with Crippen LogP contribution in [0.1, 0.15) is 0 Å². The standard InChI is InChI=1S/C7H7IO2.C7H8O2/c1-10-5-2-3-7(9)6(8)4-5;1-9-7-4-2-6(8)3-5-7/h2-4,9H,1H3;2-5,8H,1H3. The second-order valence-corrected chi connectivity index (χ2v) is 4.68. The van der Waals surface area contributed by atoms with Crippen molar-refractivity contribution in [3.05, 3.63) is 46.0 Å². The highest BCUT2D eigenvalue weighted by Gasteiger charge is 1.97. The van der Waals surface area contributed by atoms with Crippen molar-refractivity contribution >= 4 is 22.6 Å². The fraction of sp³-hybridized carbons (Fsp3) is 0.143. The molecule has 102 valence electrons. The van der Waals surface area contributed by atoms with Crippen LogP contribution in [-0.2, 0) is 0 Å². The topological polar surface area (TPSA) is 58.9 Å². The fourth-order valence-electron chi connectivity index (χ4n) is 1.20. The molecule has 2 N–H and O–H groups in total. The van der Waals surface area contributed by atoms with E-state index in [9.17, 15) is 0 Å². The van der Waals surface area contributed by atoms with E-state index >= 15 is 0 Å². The lowest BCUT2D eigenvalue weighted by Gasteiger charge is -2.00. The maximum atomic E-state index is 9.08. The van der Waals surface area contributed by atoms with E-state index in [0.29, 0.717) is 5.75 Å². The predicted octanol–water partition coefficient (Wildman–Crippen LogP) is 3.41. The van der Waals surface area contributed by atoms with Crippen LogP contribution in [0.15, 0.2) is 42.5 Å². The number of rotatable bonds is 2. The van der Waals surface area contributed by atoms with Gasteiger partial charge < -0.3 is 19.7 Å². The van der Waals surface area contributed by atoms with Crippen molar-refractivity contribution in [2.45, 2.75) is 0 Å². The molecule has 0 bridgehead atoms. The number of hydrogen-bond donors (Lipinski definition) is 2. The Labute approximate surface area is 125 Å². The minimum absolute atomic E-state index is 0.260. The largest absolute Gasteiger partial charge is 0.508 e. The Morgan fingerprint density at radius 1 is 0.842 bits per heavy atom. The molecule has 0 radical (unpaired) electrons. The van der Waals surface area contributed by atoms with Gasteiger partial charge in [-0.25, -0.2) is 0 Å². The average Bonchev–Trinajstić information content (AvgIpc) is 2.43. The summed E-state index contributed by atoms with van der Waals surface area (Å²) in [5, 5.41) is 17.9. The number of halogens is 1. The van der Waals surface area contributed by atoms with Gasteiger partial charge in [0, 0.05) is 0 Å². The molecule has 0 aliphatic heterocycles. The Morgan fingerprint density at radius 3 is 1.84 bits per heavy atom. The predicted molar refractivity (Wildman–Crippen MR) is 82.0 cm³/mol. The van der Waals surface area contributed by atoms with Crippen LogP contribution in [0.4, 0.5) is 0 Å². The number of phenols is 2. The highest BCUT2D eigenvalue weighted by molar-refractivity contribution is 14.1. The summed E-state index contributed by atoms with van der Waals surface area (Å²) >= 11 is 2.04. The van der Waals surface area contributed by atoms with Crippen LogP contribution in [-0.4, -0.2) is 24.4 Å². The zero-order valence-electron chi connectivity index (χ0n) is 10.6. The molecule has 0 saturated carbocycles. The summed E-state index contributed by atoms with van der Waals surface area (Å²) in [6.45, 7) is 0. The number of aromatic hydroxyl groups is 2. The van der Waals surface area contributed by atoms with Gasteiger partial charge in [-0.1, -0.05) is 0 Å². The zero-order valence-corrected chi connectivity index (χ0v) is 12.8. The molecule has 0 spiro atoms. The molecule has 0 saturated heterocycles. The van der Waals surface area contributed by atoms with Gasteiger partial charge in [0.1, 0.15) is 23.0 Å². The number of ether oxygens (including phenoxy) is 2. The minimum atomic E-state index is 0.260. The van der Waals surface area contributed by atoms with Crippen LogP contribution >= 0.6 is 22.6 Å². The smallest absolute Gasteiger partial charge is 0.129 e. The van der Waals surface area contributed by atoms with Crippen LogP contribution < -0.4 is 9.47 Å². The molecule has 2 rings (SSSR count). The molecular weight excluding hydrogens is 359 g/mol. The average molecular weight is 374 g/mol. The summed E-state index contributed by atoms with van der Waals surface area (Å²) in [5.74, 6) is 2.08. The lowest BCUT2D eigenvalue weighted by atomic mass is 10.3. The first-order chi connectivity index (χ1) is 9.06. The summed E-state index contributed by atoms with van der Waals surface area (Å²) in [6.07, 6.45) is 0. The molecule has 4 nitrogen and oxygen atoms in total. The van der Waals surface area contributed by atoms with E-state index in [0.717, 1.165) is 15.1 Å². The molecule has 0 aliphatic carbocycles. The van der Waals surface area contributed by atoms with Crippen molar-refractivity contribution in [2.24, 2.45) is 0 Å². The minimum Gasteiger partial charge on any atom is -0.508 e. The molecule has 0 heterocycles. The van der Waals surface area contributed by atoms with Gasteiger partial charge in [0.25, 0.3) is 0 Å². The molecule has 0 amide bonds. The lowest BCUT2D eigenvalue weighted by molar-refractivity contribution is 0.411. The zero-order chi connectivity index (χ0) is 14.3. The molecule has 0 atom stereocenters. The third kappa shape index (κ3) is 5.25. The second-order valence-electron chi connectivity index (χ2n) is 3.52. The monoisotopic (exact) mass is 374 g/mol. The molecule has 0 aromatic heterocycles. The SMILES string of the molecule is COc1ccc(O)c(I)c1.COc1ccc(O)cc1. The first kappa shape index (κ1) is 15.4. The molecule has 0 unspecified atom stereocenters. The van der Waals surface area contributed by atoms with Crippen LogP contribution in [0.2, 0.25) is 0 Å². The quantitative estimate of drug-likeness (QED) is 0.792. The Balaban J connectivity index is 0.000000191. The summed E-state index contributed by atoms with van der Waals surface area (Å²) in [5.41, 5.74) is 0. The van der Waals surface area contributed by atoms with Gasteiger partial charge in [-0.2, -0.15) is 0 Å². The second kappa shape index (κ2) is 7.73. The molecular formula is C14H15IO4. The van der Waals surface area contributed by atoms with Gasteiger partial charge in [0.2, 0.25) is 0 Å².